The minimum Gasteiger partial charge on any atom is -0.365 e. The van der Waals surface area contributed by atoms with Crippen molar-refractivity contribution < 1.29 is 4.79 Å². The van der Waals surface area contributed by atoms with Crippen LogP contribution in [0.5, 0.6) is 0 Å². The molecule has 3 rings (SSSR count). The van der Waals surface area contributed by atoms with Crippen LogP contribution in [0.2, 0.25) is 10.0 Å². The molecule has 1 fully saturated rings. The third-order valence-electron chi connectivity index (χ3n) is 4.31. The van der Waals surface area contributed by atoms with Gasteiger partial charge in [0.1, 0.15) is 11.4 Å². The van der Waals surface area contributed by atoms with Gasteiger partial charge in [0.25, 0.3) is 5.91 Å². The highest BCUT2D eigenvalue weighted by Crippen LogP contribution is 2.27. The number of anilines is 3. The van der Waals surface area contributed by atoms with Crippen LogP contribution >= 0.6 is 23.2 Å². The fourth-order valence-electron chi connectivity index (χ4n) is 2.99. The lowest BCUT2D eigenvalue weighted by molar-refractivity contribution is 0.100. The molecule has 0 bridgehead atoms. The fraction of sp³-hybridized carbons (Fsp3) is 0.353. The number of rotatable bonds is 5. The van der Waals surface area contributed by atoms with E-state index in [1.165, 1.54) is 6.20 Å². The molecule has 6 N–H and O–H groups in total. The predicted octanol–water partition coefficient (Wildman–Crippen LogP) is 3.31. The summed E-state index contributed by atoms with van der Waals surface area (Å²) in [6.45, 7) is 0. The molecule has 0 aliphatic heterocycles. The second-order valence-electron chi connectivity index (χ2n) is 6.30. The van der Waals surface area contributed by atoms with E-state index in [0.29, 0.717) is 21.7 Å². The summed E-state index contributed by atoms with van der Waals surface area (Å²) in [6, 6.07) is 5.10. The number of primary amides is 1. The Morgan fingerprint density at radius 3 is 2.50 bits per heavy atom. The first-order valence-corrected chi connectivity index (χ1v) is 9.10. The van der Waals surface area contributed by atoms with Gasteiger partial charge in [0.2, 0.25) is 5.95 Å². The molecule has 2 aromatic rings. The Morgan fingerprint density at radius 2 is 1.85 bits per heavy atom. The SMILES string of the molecule is NC(=O)c1cnc(N[C@@H]2CCCC[C@@H]2N)nc1Nc1cc(Cl)cc(Cl)c1. The summed E-state index contributed by atoms with van der Waals surface area (Å²) in [5.74, 6) is 0.0206. The number of benzene rings is 1. The predicted molar refractivity (Wildman–Crippen MR) is 104 cm³/mol. The first kappa shape index (κ1) is 18.7. The molecule has 2 atom stereocenters. The Morgan fingerprint density at radius 1 is 1.15 bits per heavy atom. The van der Waals surface area contributed by atoms with E-state index in [1.54, 1.807) is 18.2 Å². The summed E-state index contributed by atoms with van der Waals surface area (Å²) < 4.78 is 0. The summed E-state index contributed by atoms with van der Waals surface area (Å²) in [6.07, 6.45) is 5.54. The van der Waals surface area contributed by atoms with E-state index in [4.69, 9.17) is 34.7 Å². The average molecular weight is 395 g/mol. The van der Waals surface area contributed by atoms with Crippen LogP contribution in [-0.2, 0) is 0 Å². The highest BCUT2D eigenvalue weighted by molar-refractivity contribution is 6.35. The molecule has 9 heteroatoms. The number of carbonyl (C=O) groups excluding carboxylic acids is 1. The molecule has 1 aliphatic rings. The Bertz CT molecular complexity index is 796. The summed E-state index contributed by atoms with van der Waals surface area (Å²) in [7, 11) is 0. The van der Waals surface area contributed by atoms with Crippen molar-refractivity contribution in [2.45, 2.75) is 37.8 Å². The molecule has 26 heavy (non-hydrogen) atoms. The standard InChI is InChI=1S/C17H20Cl2N6O/c18-9-5-10(19)7-11(6-9)23-16-12(15(21)26)8-22-17(25-16)24-14-4-2-1-3-13(14)20/h5-8,13-14H,1-4,20H2,(H2,21,26)(H2,22,23,24,25)/t13-,14+/m0/s1. The Kier molecular flexibility index (Phi) is 5.80. The highest BCUT2D eigenvalue weighted by Gasteiger charge is 2.23. The Balaban J connectivity index is 1.87. The van der Waals surface area contributed by atoms with Gasteiger partial charge < -0.3 is 22.1 Å². The molecule has 7 nitrogen and oxygen atoms in total. The number of hydrogen-bond acceptors (Lipinski definition) is 6. The average Bonchev–Trinajstić information content (AvgIpc) is 2.56. The number of nitrogens with zero attached hydrogens (tertiary/aromatic N) is 2. The van der Waals surface area contributed by atoms with E-state index >= 15 is 0 Å². The van der Waals surface area contributed by atoms with Crippen LogP contribution in [0.1, 0.15) is 36.0 Å². The molecule has 1 heterocycles. The Labute approximate surface area is 161 Å². The van der Waals surface area contributed by atoms with Crippen molar-refractivity contribution in [2.24, 2.45) is 11.5 Å². The molecular weight excluding hydrogens is 375 g/mol. The van der Waals surface area contributed by atoms with Gasteiger partial charge in [0, 0.05) is 34.0 Å². The van der Waals surface area contributed by atoms with Crippen molar-refractivity contribution in [3.63, 3.8) is 0 Å². The summed E-state index contributed by atoms with van der Waals surface area (Å²) in [5, 5.41) is 7.21. The van der Waals surface area contributed by atoms with Crippen molar-refractivity contribution in [1.82, 2.24) is 9.97 Å². The number of aromatic nitrogens is 2. The smallest absolute Gasteiger partial charge is 0.254 e. The maximum atomic E-state index is 11.7. The van der Waals surface area contributed by atoms with Crippen LogP contribution < -0.4 is 22.1 Å². The molecule has 1 aliphatic carbocycles. The molecule has 138 valence electrons. The maximum Gasteiger partial charge on any atom is 0.254 e. The largest absolute Gasteiger partial charge is 0.365 e. The van der Waals surface area contributed by atoms with Gasteiger partial charge in [-0.3, -0.25) is 4.79 Å². The molecule has 1 aromatic heterocycles. The van der Waals surface area contributed by atoms with E-state index in [2.05, 4.69) is 20.6 Å². The van der Waals surface area contributed by atoms with Crippen LogP contribution in [0.4, 0.5) is 17.5 Å². The van der Waals surface area contributed by atoms with Crippen LogP contribution in [0.15, 0.2) is 24.4 Å². The first-order valence-electron chi connectivity index (χ1n) is 8.34. The van der Waals surface area contributed by atoms with E-state index in [-0.39, 0.29) is 23.5 Å². The number of nitrogens with two attached hydrogens (primary N) is 2. The third-order valence-corrected chi connectivity index (χ3v) is 4.75. The lowest BCUT2D eigenvalue weighted by atomic mass is 9.91. The zero-order chi connectivity index (χ0) is 18.7. The summed E-state index contributed by atoms with van der Waals surface area (Å²) in [5.41, 5.74) is 12.3. The van der Waals surface area contributed by atoms with Crippen LogP contribution in [-0.4, -0.2) is 28.0 Å². The molecule has 0 saturated heterocycles. The van der Waals surface area contributed by atoms with Gasteiger partial charge in [-0.1, -0.05) is 36.0 Å². The second-order valence-corrected chi connectivity index (χ2v) is 7.18. The van der Waals surface area contributed by atoms with Gasteiger partial charge in [0.15, 0.2) is 0 Å². The number of carbonyl (C=O) groups is 1. The highest BCUT2D eigenvalue weighted by atomic mass is 35.5. The van der Waals surface area contributed by atoms with Crippen LogP contribution in [0, 0.1) is 0 Å². The van der Waals surface area contributed by atoms with Gasteiger partial charge in [0.05, 0.1) is 0 Å². The number of nitrogens with one attached hydrogen (secondary N) is 2. The lowest BCUT2D eigenvalue weighted by Gasteiger charge is -2.29. The molecule has 0 unspecified atom stereocenters. The van der Waals surface area contributed by atoms with Gasteiger partial charge in [-0.05, 0) is 31.0 Å². The zero-order valence-electron chi connectivity index (χ0n) is 14.0. The monoisotopic (exact) mass is 394 g/mol. The van der Waals surface area contributed by atoms with Crippen LogP contribution in [0.25, 0.3) is 0 Å². The van der Waals surface area contributed by atoms with Gasteiger partial charge in [-0.15, -0.1) is 0 Å². The van der Waals surface area contributed by atoms with Crippen molar-refractivity contribution in [2.75, 3.05) is 10.6 Å². The number of halogens is 2. The first-order chi connectivity index (χ1) is 12.4. The van der Waals surface area contributed by atoms with E-state index in [9.17, 15) is 4.79 Å². The lowest BCUT2D eigenvalue weighted by Crippen LogP contribution is -2.43. The molecule has 1 aromatic carbocycles. The minimum atomic E-state index is -0.637. The summed E-state index contributed by atoms with van der Waals surface area (Å²) in [4.78, 5) is 20.3. The van der Waals surface area contributed by atoms with Gasteiger partial charge >= 0.3 is 0 Å². The fourth-order valence-corrected chi connectivity index (χ4v) is 3.52. The van der Waals surface area contributed by atoms with Crippen molar-refractivity contribution in [3.8, 4) is 0 Å². The second kappa shape index (κ2) is 8.07. The number of amides is 1. The van der Waals surface area contributed by atoms with Gasteiger partial charge in [-0.2, -0.15) is 4.98 Å². The summed E-state index contributed by atoms with van der Waals surface area (Å²) >= 11 is 12.0. The van der Waals surface area contributed by atoms with Crippen LogP contribution in [0.3, 0.4) is 0 Å². The van der Waals surface area contributed by atoms with E-state index in [1.807, 2.05) is 0 Å². The molecule has 1 amide bonds. The molecule has 1 saturated carbocycles. The molecule has 0 spiro atoms. The van der Waals surface area contributed by atoms with Crippen molar-refractivity contribution in [3.05, 3.63) is 40.0 Å². The van der Waals surface area contributed by atoms with Gasteiger partial charge in [-0.25, -0.2) is 4.98 Å². The topological polar surface area (TPSA) is 119 Å². The minimum absolute atomic E-state index is 0.0475. The molecule has 0 radical (unpaired) electrons. The normalized spacial score (nSPS) is 19.8. The maximum absolute atomic E-state index is 11.7. The molecular formula is C17H20Cl2N6O. The Hall–Kier alpha value is -2.09. The zero-order valence-corrected chi connectivity index (χ0v) is 15.5. The van der Waals surface area contributed by atoms with Crippen molar-refractivity contribution in [1.29, 1.82) is 0 Å². The number of hydrogen-bond donors (Lipinski definition) is 4. The quantitative estimate of drug-likeness (QED) is 0.617. The third kappa shape index (κ3) is 4.55. The van der Waals surface area contributed by atoms with E-state index in [0.717, 1.165) is 25.7 Å². The van der Waals surface area contributed by atoms with E-state index < -0.39 is 5.91 Å². The van der Waals surface area contributed by atoms with Crippen molar-refractivity contribution >= 4 is 46.6 Å².